The summed E-state index contributed by atoms with van der Waals surface area (Å²) in [6, 6.07) is 2.40. The standard InChI is InChI=1S/C6H8N2O4S2/c1-13(9,10)6-5(14(7,11)12)3-2-4-8-6/h2-4H,1H3,(H2,7,11,12). The Morgan fingerprint density at radius 2 is 1.86 bits per heavy atom. The predicted molar refractivity (Wildman–Crippen MR) is 48.7 cm³/mol. The summed E-state index contributed by atoms with van der Waals surface area (Å²) in [6.45, 7) is 0. The lowest BCUT2D eigenvalue weighted by Crippen LogP contribution is -2.17. The van der Waals surface area contributed by atoms with Gasteiger partial charge in [-0.05, 0) is 12.1 Å². The Bertz CT molecular complexity index is 496. The molecule has 0 radical (unpaired) electrons. The number of nitrogens with zero attached hydrogens (tertiary/aromatic N) is 1. The number of sulfonamides is 1. The van der Waals surface area contributed by atoms with Gasteiger partial charge in [-0.25, -0.2) is 27.0 Å². The third kappa shape index (κ3) is 2.28. The van der Waals surface area contributed by atoms with Gasteiger partial charge < -0.3 is 0 Å². The molecular weight excluding hydrogens is 228 g/mol. The number of sulfone groups is 1. The number of rotatable bonds is 2. The minimum Gasteiger partial charge on any atom is -0.243 e. The van der Waals surface area contributed by atoms with E-state index in [4.69, 9.17) is 5.14 Å². The van der Waals surface area contributed by atoms with Crippen molar-refractivity contribution in [3.8, 4) is 0 Å². The molecule has 1 aromatic rings. The van der Waals surface area contributed by atoms with Gasteiger partial charge in [0.1, 0.15) is 4.90 Å². The largest absolute Gasteiger partial charge is 0.243 e. The summed E-state index contributed by atoms with van der Waals surface area (Å²) in [6.07, 6.45) is 2.05. The molecule has 0 spiro atoms. The Morgan fingerprint density at radius 3 is 2.21 bits per heavy atom. The first-order valence-corrected chi connectivity index (χ1v) is 6.84. The first-order chi connectivity index (χ1) is 6.23. The minimum absolute atomic E-state index is 0.484. The molecule has 0 amide bonds. The molecule has 1 aromatic heterocycles. The van der Waals surface area contributed by atoms with E-state index >= 15 is 0 Å². The van der Waals surface area contributed by atoms with E-state index in [1.54, 1.807) is 0 Å². The van der Waals surface area contributed by atoms with Gasteiger partial charge in [0.2, 0.25) is 10.0 Å². The zero-order chi connectivity index (χ0) is 11.0. The molecular formula is C6H8N2O4S2. The lowest BCUT2D eigenvalue weighted by atomic mass is 10.5. The van der Waals surface area contributed by atoms with Crippen LogP contribution in [-0.4, -0.2) is 28.1 Å². The average molecular weight is 236 g/mol. The van der Waals surface area contributed by atoms with Crippen LogP contribution in [0.5, 0.6) is 0 Å². The molecule has 0 fully saturated rings. The molecule has 0 aliphatic heterocycles. The van der Waals surface area contributed by atoms with E-state index in [-0.39, 0.29) is 0 Å². The van der Waals surface area contributed by atoms with Crippen LogP contribution < -0.4 is 5.14 Å². The Kier molecular flexibility index (Phi) is 2.61. The van der Waals surface area contributed by atoms with Crippen molar-refractivity contribution in [3.05, 3.63) is 18.3 Å². The summed E-state index contributed by atoms with van der Waals surface area (Å²) in [5, 5.41) is 4.30. The van der Waals surface area contributed by atoms with Gasteiger partial charge in [0.25, 0.3) is 0 Å². The number of hydrogen-bond acceptors (Lipinski definition) is 5. The first-order valence-electron chi connectivity index (χ1n) is 3.41. The van der Waals surface area contributed by atoms with Crippen molar-refractivity contribution < 1.29 is 16.8 Å². The van der Waals surface area contributed by atoms with Gasteiger partial charge in [0.05, 0.1) is 0 Å². The topological polar surface area (TPSA) is 107 Å². The van der Waals surface area contributed by atoms with Crippen molar-refractivity contribution in [2.24, 2.45) is 5.14 Å². The normalized spacial score (nSPS) is 12.7. The van der Waals surface area contributed by atoms with Crippen molar-refractivity contribution in [2.45, 2.75) is 9.92 Å². The highest BCUT2D eigenvalue weighted by Gasteiger charge is 2.21. The van der Waals surface area contributed by atoms with Crippen molar-refractivity contribution >= 4 is 19.9 Å². The van der Waals surface area contributed by atoms with Crippen LogP contribution in [0.1, 0.15) is 0 Å². The lowest BCUT2D eigenvalue weighted by molar-refractivity contribution is 0.581. The van der Waals surface area contributed by atoms with Crippen LogP contribution in [0.2, 0.25) is 0 Å². The number of aromatic nitrogens is 1. The molecule has 1 heterocycles. The monoisotopic (exact) mass is 236 g/mol. The maximum Gasteiger partial charge on any atom is 0.240 e. The van der Waals surface area contributed by atoms with Gasteiger partial charge >= 0.3 is 0 Å². The van der Waals surface area contributed by atoms with Gasteiger partial charge in [-0.2, -0.15) is 0 Å². The lowest BCUT2D eigenvalue weighted by Gasteiger charge is -2.02. The molecule has 0 unspecified atom stereocenters. The third-order valence-electron chi connectivity index (χ3n) is 1.39. The maximum absolute atomic E-state index is 11.1. The van der Waals surface area contributed by atoms with Gasteiger partial charge in [0, 0.05) is 12.5 Å². The van der Waals surface area contributed by atoms with E-state index in [0.29, 0.717) is 0 Å². The molecule has 0 saturated heterocycles. The van der Waals surface area contributed by atoms with Crippen LogP contribution in [0.25, 0.3) is 0 Å². The molecule has 0 atom stereocenters. The highest BCUT2D eigenvalue weighted by atomic mass is 32.2. The van der Waals surface area contributed by atoms with E-state index in [9.17, 15) is 16.8 Å². The van der Waals surface area contributed by atoms with E-state index < -0.39 is 29.8 Å². The Labute approximate surface area is 81.7 Å². The Morgan fingerprint density at radius 1 is 1.29 bits per heavy atom. The van der Waals surface area contributed by atoms with Crippen molar-refractivity contribution in [1.29, 1.82) is 0 Å². The maximum atomic E-state index is 11.1. The number of primary sulfonamides is 1. The SMILES string of the molecule is CS(=O)(=O)c1ncccc1S(N)(=O)=O. The summed E-state index contributed by atoms with van der Waals surface area (Å²) in [7, 11) is -7.75. The second-order valence-electron chi connectivity index (χ2n) is 2.62. The molecule has 8 heteroatoms. The van der Waals surface area contributed by atoms with Gasteiger partial charge in [-0.1, -0.05) is 0 Å². The molecule has 0 saturated carbocycles. The quantitative estimate of drug-likeness (QED) is 0.718. The van der Waals surface area contributed by atoms with Gasteiger partial charge in [0.15, 0.2) is 14.9 Å². The van der Waals surface area contributed by atoms with Gasteiger partial charge in [-0.3, -0.25) is 0 Å². The molecule has 14 heavy (non-hydrogen) atoms. The Hall–Kier alpha value is -0.990. The number of pyridine rings is 1. The molecule has 2 N–H and O–H groups in total. The molecule has 6 nitrogen and oxygen atoms in total. The molecule has 78 valence electrons. The fourth-order valence-corrected chi connectivity index (χ4v) is 2.92. The fraction of sp³-hybridized carbons (Fsp3) is 0.167. The molecule has 0 bridgehead atoms. The molecule has 0 aliphatic rings. The smallest absolute Gasteiger partial charge is 0.240 e. The van der Waals surface area contributed by atoms with Crippen LogP contribution >= 0.6 is 0 Å². The van der Waals surface area contributed by atoms with Crippen molar-refractivity contribution in [1.82, 2.24) is 4.98 Å². The summed E-state index contributed by atoms with van der Waals surface area (Å²) in [4.78, 5) is 2.99. The summed E-state index contributed by atoms with van der Waals surface area (Å²) in [5.74, 6) is 0. The van der Waals surface area contributed by atoms with E-state index in [1.807, 2.05) is 0 Å². The summed E-state index contributed by atoms with van der Waals surface area (Å²) in [5.41, 5.74) is 0. The highest BCUT2D eigenvalue weighted by Crippen LogP contribution is 2.15. The van der Waals surface area contributed by atoms with Crippen LogP contribution in [0.3, 0.4) is 0 Å². The average Bonchev–Trinajstić information content (AvgIpc) is 2.01. The minimum atomic E-state index is -4.06. The zero-order valence-electron chi connectivity index (χ0n) is 7.21. The molecule has 0 aliphatic carbocycles. The second kappa shape index (κ2) is 3.30. The molecule has 0 aromatic carbocycles. The van der Waals surface area contributed by atoms with Crippen LogP contribution in [-0.2, 0) is 19.9 Å². The van der Waals surface area contributed by atoms with E-state index in [2.05, 4.69) is 4.98 Å². The molecule has 1 rings (SSSR count). The highest BCUT2D eigenvalue weighted by molar-refractivity contribution is 7.93. The van der Waals surface area contributed by atoms with Crippen LogP contribution in [0.4, 0.5) is 0 Å². The first kappa shape index (κ1) is 11.1. The van der Waals surface area contributed by atoms with Crippen LogP contribution in [0.15, 0.2) is 28.3 Å². The number of hydrogen-bond donors (Lipinski definition) is 1. The summed E-state index contributed by atoms with van der Waals surface area (Å²) < 4.78 is 44.2. The fourth-order valence-electron chi connectivity index (χ4n) is 0.871. The van der Waals surface area contributed by atoms with E-state index in [1.165, 1.54) is 12.3 Å². The van der Waals surface area contributed by atoms with Crippen LogP contribution in [0, 0.1) is 0 Å². The summed E-state index contributed by atoms with van der Waals surface area (Å²) >= 11 is 0. The Balaban J connectivity index is 3.64. The zero-order valence-corrected chi connectivity index (χ0v) is 8.84. The third-order valence-corrected chi connectivity index (χ3v) is 3.49. The van der Waals surface area contributed by atoms with Gasteiger partial charge in [-0.15, -0.1) is 0 Å². The second-order valence-corrected chi connectivity index (χ2v) is 6.08. The van der Waals surface area contributed by atoms with E-state index in [0.717, 1.165) is 12.3 Å². The predicted octanol–water partition coefficient (Wildman–Crippen LogP) is -0.867. The number of nitrogens with two attached hydrogens (primary N) is 1. The van der Waals surface area contributed by atoms with Crippen molar-refractivity contribution in [3.63, 3.8) is 0 Å². The van der Waals surface area contributed by atoms with Crippen molar-refractivity contribution in [2.75, 3.05) is 6.26 Å².